The van der Waals surface area contributed by atoms with Crippen LogP contribution in [0.2, 0.25) is 0 Å². The fourth-order valence-corrected chi connectivity index (χ4v) is 7.73. The summed E-state index contributed by atoms with van der Waals surface area (Å²) in [6.07, 6.45) is 18.6. The Kier molecular flexibility index (Phi) is 5.76. The van der Waals surface area contributed by atoms with Gasteiger partial charge in [-0.1, -0.05) is 98.1 Å². The average Bonchev–Trinajstić information content (AvgIpc) is 3.74. The molecule has 9 rings (SSSR count). The van der Waals surface area contributed by atoms with Crippen molar-refractivity contribution in [3.8, 4) is 11.4 Å². The summed E-state index contributed by atoms with van der Waals surface area (Å²) >= 11 is 0. The van der Waals surface area contributed by atoms with E-state index in [0.717, 1.165) is 17.9 Å². The van der Waals surface area contributed by atoms with E-state index in [-0.39, 0.29) is 17.9 Å². The SMILES string of the molecule is C=C/C=C(\C=C)n1c2c(c3ccccc31)=CC(C1=CC3c4cc(-n5c6ccccc6c6ccccc65)ccc4OC3C=C1)CC=2. The molecule has 45 heavy (non-hydrogen) atoms. The number of hydrogen-bond donors (Lipinski definition) is 0. The first-order valence-corrected chi connectivity index (χ1v) is 15.7. The summed E-state index contributed by atoms with van der Waals surface area (Å²) in [5, 5.41) is 6.32. The monoisotopic (exact) mass is 580 g/mol. The van der Waals surface area contributed by atoms with Crippen molar-refractivity contribution in [2.24, 2.45) is 5.92 Å². The van der Waals surface area contributed by atoms with Crippen molar-refractivity contribution in [1.29, 1.82) is 0 Å². The molecule has 3 nitrogen and oxygen atoms in total. The number of rotatable bonds is 5. The van der Waals surface area contributed by atoms with Gasteiger partial charge in [0.1, 0.15) is 11.9 Å². The summed E-state index contributed by atoms with van der Waals surface area (Å²) in [7, 11) is 0. The number of nitrogens with zero attached hydrogens (tertiary/aromatic N) is 2. The molecule has 0 amide bonds. The summed E-state index contributed by atoms with van der Waals surface area (Å²) in [4.78, 5) is 0. The highest BCUT2D eigenvalue weighted by Crippen LogP contribution is 2.45. The number of benzene rings is 4. The molecule has 4 aromatic carbocycles. The standard InChI is InChI=1S/C42H32N2O/c1-3-11-29(4-2)43-39-17-10-7-14-33(39)34-24-27(18-21-40(34)43)28-19-22-41-35(25-28)36-26-30(20-23-42(36)45-41)44-37-15-8-5-12-31(37)32-13-6-9-16-38(32)44/h3-17,19-27,35,41H,1-2,18H2/b29-11+. The van der Waals surface area contributed by atoms with Crippen molar-refractivity contribution in [1.82, 2.24) is 9.13 Å². The number of hydrogen-bond acceptors (Lipinski definition) is 1. The quantitative estimate of drug-likeness (QED) is 0.187. The second kappa shape index (κ2) is 10.0. The summed E-state index contributed by atoms with van der Waals surface area (Å²) < 4.78 is 11.2. The van der Waals surface area contributed by atoms with Crippen LogP contribution in [0.5, 0.6) is 5.75 Å². The first-order valence-electron chi connectivity index (χ1n) is 15.7. The highest BCUT2D eigenvalue weighted by atomic mass is 16.5. The lowest BCUT2D eigenvalue weighted by Crippen LogP contribution is -2.33. The molecule has 2 aromatic heterocycles. The maximum absolute atomic E-state index is 6.49. The van der Waals surface area contributed by atoms with E-state index >= 15 is 0 Å². The van der Waals surface area contributed by atoms with Gasteiger partial charge in [0.05, 0.1) is 16.6 Å². The molecule has 0 saturated heterocycles. The molecule has 3 aliphatic rings. The Bertz CT molecular complexity index is 2390. The van der Waals surface area contributed by atoms with Crippen molar-refractivity contribution in [2.45, 2.75) is 18.4 Å². The van der Waals surface area contributed by atoms with Crippen LogP contribution >= 0.6 is 0 Å². The predicted molar refractivity (Wildman–Crippen MR) is 188 cm³/mol. The van der Waals surface area contributed by atoms with Crippen molar-refractivity contribution < 1.29 is 4.74 Å². The van der Waals surface area contributed by atoms with Crippen molar-refractivity contribution >= 4 is 50.6 Å². The van der Waals surface area contributed by atoms with Crippen LogP contribution in [-0.2, 0) is 0 Å². The molecule has 3 heterocycles. The summed E-state index contributed by atoms with van der Waals surface area (Å²) in [5.74, 6) is 1.44. The van der Waals surface area contributed by atoms with Crippen LogP contribution < -0.4 is 15.3 Å². The summed E-state index contributed by atoms with van der Waals surface area (Å²) in [5.41, 5.74) is 8.43. The van der Waals surface area contributed by atoms with Crippen LogP contribution in [0, 0.1) is 5.92 Å². The van der Waals surface area contributed by atoms with Gasteiger partial charge in [0.15, 0.2) is 0 Å². The Morgan fingerprint density at radius 3 is 2.24 bits per heavy atom. The van der Waals surface area contributed by atoms with Gasteiger partial charge in [-0.05, 0) is 66.6 Å². The van der Waals surface area contributed by atoms with Crippen LogP contribution in [-0.4, -0.2) is 15.2 Å². The van der Waals surface area contributed by atoms with E-state index in [0.29, 0.717) is 0 Å². The predicted octanol–water partition coefficient (Wildman–Crippen LogP) is 8.57. The molecule has 0 saturated carbocycles. The fourth-order valence-electron chi connectivity index (χ4n) is 7.73. The maximum Gasteiger partial charge on any atom is 0.128 e. The van der Waals surface area contributed by atoms with Gasteiger partial charge in [0, 0.05) is 55.5 Å². The number of aromatic nitrogens is 2. The molecule has 6 aromatic rings. The molecule has 0 radical (unpaired) electrons. The second-order valence-corrected chi connectivity index (χ2v) is 12.1. The van der Waals surface area contributed by atoms with E-state index < -0.39 is 0 Å². The van der Waals surface area contributed by atoms with Crippen LogP contribution in [0.25, 0.3) is 56.2 Å². The summed E-state index contributed by atoms with van der Waals surface area (Å²) in [6, 6.07) is 32.7. The van der Waals surface area contributed by atoms with Gasteiger partial charge in [-0.25, -0.2) is 0 Å². The molecule has 0 N–H and O–H groups in total. The Balaban J connectivity index is 1.14. The normalized spacial score (nSPS) is 20.1. The van der Waals surface area contributed by atoms with E-state index in [1.54, 1.807) is 0 Å². The van der Waals surface area contributed by atoms with Gasteiger partial charge in [-0.15, -0.1) is 0 Å². The minimum absolute atomic E-state index is 0.0152. The Morgan fingerprint density at radius 2 is 1.51 bits per heavy atom. The minimum Gasteiger partial charge on any atom is -0.485 e. The molecular formula is C42H32N2O. The van der Waals surface area contributed by atoms with Gasteiger partial charge in [-0.3, -0.25) is 0 Å². The molecule has 3 unspecified atom stereocenters. The van der Waals surface area contributed by atoms with Crippen LogP contribution in [0.15, 0.2) is 146 Å². The third-order valence-corrected chi connectivity index (χ3v) is 9.73. The topological polar surface area (TPSA) is 19.1 Å². The van der Waals surface area contributed by atoms with Gasteiger partial charge >= 0.3 is 0 Å². The van der Waals surface area contributed by atoms with Gasteiger partial charge < -0.3 is 13.9 Å². The van der Waals surface area contributed by atoms with Gasteiger partial charge in [-0.2, -0.15) is 0 Å². The van der Waals surface area contributed by atoms with E-state index in [2.05, 4.69) is 144 Å². The Labute approximate surface area is 262 Å². The third kappa shape index (κ3) is 3.84. The van der Waals surface area contributed by atoms with Crippen molar-refractivity contribution in [3.63, 3.8) is 0 Å². The Morgan fingerprint density at radius 1 is 0.800 bits per heavy atom. The zero-order valence-electron chi connectivity index (χ0n) is 24.9. The maximum atomic E-state index is 6.49. The van der Waals surface area contributed by atoms with Gasteiger partial charge in [0.25, 0.3) is 0 Å². The zero-order valence-corrected chi connectivity index (χ0v) is 24.9. The molecule has 0 fully saturated rings. The molecule has 3 atom stereocenters. The molecule has 0 bridgehead atoms. The third-order valence-electron chi connectivity index (χ3n) is 9.73. The Hall–Kier alpha value is -5.54. The highest BCUT2D eigenvalue weighted by molar-refractivity contribution is 6.09. The van der Waals surface area contributed by atoms with E-state index in [1.165, 1.54) is 60.1 Å². The van der Waals surface area contributed by atoms with E-state index in [4.69, 9.17) is 4.74 Å². The van der Waals surface area contributed by atoms with E-state index in [9.17, 15) is 0 Å². The molecule has 1 aliphatic heterocycles. The number of allylic oxidation sites excluding steroid dienone is 6. The fraction of sp³-hybridized carbons (Fsp3) is 0.0952. The summed E-state index contributed by atoms with van der Waals surface area (Å²) in [6.45, 7) is 8.02. The first kappa shape index (κ1) is 25.9. The lowest BCUT2D eigenvalue weighted by atomic mass is 9.82. The number of para-hydroxylation sites is 3. The smallest absolute Gasteiger partial charge is 0.128 e. The molecule has 3 heteroatoms. The number of fused-ring (bicyclic) bond motifs is 9. The van der Waals surface area contributed by atoms with Crippen molar-refractivity contribution in [3.05, 3.63) is 162 Å². The van der Waals surface area contributed by atoms with Gasteiger partial charge in [0.2, 0.25) is 0 Å². The molecule has 216 valence electrons. The average molecular weight is 581 g/mol. The van der Waals surface area contributed by atoms with E-state index in [1.807, 2.05) is 18.2 Å². The minimum atomic E-state index is 0.0152. The molecule has 2 aliphatic carbocycles. The van der Waals surface area contributed by atoms with Crippen molar-refractivity contribution in [2.75, 3.05) is 0 Å². The lowest BCUT2D eigenvalue weighted by molar-refractivity contribution is 0.268. The largest absolute Gasteiger partial charge is 0.485 e. The lowest BCUT2D eigenvalue weighted by Gasteiger charge is -2.23. The molecule has 0 spiro atoms. The van der Waals surface area contributed by atoms with Crippen LogP contribution in [0.3, 0.4) is 0 Å². The van der Waals surface area contributed by atoms with Crippen LogP contribution in [0.1, 0.15) is 17.9 Å². The first-order chi connectivity index (χ1) is 22.2. The zero-order chi connectivity index (χ0) is 30.1. The number of ether oxygens (including phenoxy) is 1. The molecular weight excluding hydrogens is 548 g/mol. The van der Waals surface area contributed by atoms with Crippen LogP contribution in [0.4, 0.5) is 0 Å². The highest BCUT2D eigenvalue weighted by Gasteiger charge is 2.35. The second-order valence-electron chi connectivity index (χ2n) is 12.1.